The molecule has 0 spiro atoms. The maximum atomic E-state index is 13.8. The molecule has 1 saturated carbocycles. The minimum absolute atomic E-state index is 0.0837. The lowest BCUT2D eigenvalue weighted by molar-refractivity contribution is -0.144. The molecule has 186 valence electrons. The third-order valence-corrected chi connectivity index (χ3v) is 7.08. The maximum Gasteiger partial charge on any atom is 0.248 e. The van der Waals surface area contributed by atoms with Crippen LogP contribution in [-0.4, -0.2) is 74.1 Å². The van der Waals surface area contributed by atoms with Gasteiger partial charge in [-0.2, -0.15) is 4.37 Å². The number of β-amino-alcohol motifs (C(OH)–C–C–N with tert-alkyl or cyclic N) is 1. The number of nitrogens with zero attached hydrogens (tertiary/aromatic N) is 5. The van der Waals surface area contributed by atoms with Gasteiger partial charge in [-0.1, -0.05) is 26.0 Å². The van der Waals surface area contributed by atoms with Crippen LogP contribution in [0.2, 0.25) is 0 Å². The minimum Gasteiger partial charge on any atom is -0.486 e. The number of likely N-dealkylation sites (tertiary alicyclic amines) is 1. The summed E-state index contributed by atoms with van der Waals surface area (Å²) in [5.41, 5.74) is 1.04. The first-order valence-electron chi connectivity index (χ1n) is 11.4. The van der Waals surface area contributed by atoms with E-state index in [1.165, 1.54) is 19.1 Å². The van der Waals surface area contributed by atoms with E-state index in [4.69, 9.17) is 9.47 Å². The van der Waals surface area contributed by atoms with Crippen molar-refractivity contribution in [3.63, 3.8) is 0 Å². The Labute approximate surface area is 202 Å². The lowest BCUT2D eigenvalue weighted by Crippen LogP contribution is -2.50. The molecule has 2 aromatic heterocycles. The maximum absolute atomic E-state index is 13.8. The van der Waals surface area contributed by atoms with Crippen molar-refractivity contribution in [2.45, 2.75) is 70.7 Å². The highest BCUT2D eigenvalue weighted by molar-refractivity contribution is 7.08. The van der Waals surface area contributed by atoms with E-state index in [9.17, 15) is 14.7 Å². The number of aliphatic hydroxyl groups is 1. The van der Waals surface area contributed by atoms with Crippen molar-refractivity contribution in [1.82, 2.24) is 29.6 Å². The van der Waals surface area contributed by atoms with E-state index in [0.29, 0.717) is 22.4 Å². The van der Waals surface area contributed by atoms with Crippen molar-refractivity contribution in [1.29, 1.82) is 0 Å². The Morgan fingerprint density at radius 3 is 2.65 bits per heavy atom. The molecule has 0 unspecified atom stereocenters. The number of ether oxygens (including phenoxy) is 2. The van der Waals surface area contributed by atoms with Crippen LogP contribution in [0.3, 0.4) is 0 Å². The van der Waals surface area contributed by atoms with Crippen LogP contribution in [0.5, 0.6) is 10.9 Å². The van der Waals surface area contributed by atoms with Crippen molar-refractivity contribution >= 4 is 23.3 Å². The standard InChI is InChI=1S/C22H32N6O5S/c1-22(2,3)17(28-11-15(24-26-28)12-6-7-12)20(31)27-10-13(29)8-16(27)18(30)23-9-14-19(32-4)25-34-21(14)33-5/h11-13,16-17,29H,6-10H2,1-5H3,(H,23,30)/t13-,16+,17-/m1/s1. The first-order valence-corrected chi connectivity index (χ1v) is 12.2. The Balaban J connectivity index is 1.52. The fourth-order valence-corrected chi connectivity index (χ4v) is 5.06. The molecule has 4 rings (SSSR count). The van der Waals surface area contributed by atoms with E-state index >= 15 is 0 Å². The van der Waals surface area contributed by atoms with E-state index in [1.807, 2.05) is 27.0 Å². The molecule has 2 aliphatic rings. The summed E-state index contributed by atoms with van der Waals surface area (Å²) in [5, 5.41) is 22.3. The van der Waals surface area contributed by atoms with Gasteiger partial charge in [-0.15, -0.1) is 5.10 Å². The second-order valence-electron chi connectivity index (χ2n) is 9.94. The van der Waals surface area contributed by atoms with Crippen LogP contribution in [0.4, 0.5) is 0 Å². The number of aromatic nitrogens is 4. The third kappa shape index (κ3) is 4.88. The van der Waals surface area contributed by atoms with Gasteiger partial charge >= 0.3 is 0 Å². The molecule has 0 bridgehead atoms. The van der Waals surface area contributed by atoms with Gasteiger partial charge in [0.25, 0.3) is 0 Å². The third-order valence-electron chi connectivity index (χ3n) is 6.24. The summed E-state index contributed by atoms with van der Waals surface area (Å²) in [4.78, 5) is 28.4. The molecule has 2 N–H and O–H groups in total. The predicted molar refractivity (Wildman–Crippen MR) is 124 cm³/mol. The van der Waals surface area contributed by atoms with E-state index < -0.39 is 23.6 Å². The fraction of sp³-hybridized carbons (Fsp3) is 0.682. The number of hydrogen-bond donors (Lipinski definition) is 2. The molecular formula is C22H32N6O5S. The second kappa shape index (κ2) is 9.49. The topological polar surface area (TPSA) is 132 Å². The highest BCUT2D eigenvalue weighted by Crippen LogP contribution is 2.40. The zero-order chi connectivity index (χ0) is 24.6. The zero-order valence-electron chi connectivity index (χ0n) is 20.1. The summed E-state index contributed by atoms with van der Waals surface area (Å²) in [6.07, 6.45) is 3.39. The van der Waals surface area contributed by atoms with Crippen LogP contribution in [0.15, 0.2) is 6.20 Å². The van der Waals surface area contributed by atoms with Gasteiger partial charge < -0.3 is 24.8 Å². The predicted octanol–water partition coefficient (Wildman–Crippen LogP) is 1.49. The first kappa shape index (κ1) is 24.4. The van der Waals surface area contributed by atoms with Crippen LogP contribution < -0.4 is 14.8 Å². The number of amides is 2. The van der Waals surface area contributed by atoms with E-state index in [1.54, 1.807) is 4.68 Å². The lowest BCUT2D eigenvalue weighted by Gasteiger charge is -2.34. The van der Waals surface area contributed by atoms with Gasteiger partial charge in [0, 0.05) is 36.6 Å². The van der Waals surface area contributed by atoms with Crippen molar-refractivity contribution in [2.24, 2.45) is 5.41 Å². The number of aliphatic hydroxyl groups excluding tert-OH is 1. The Morgan fingerprint density at radius 1 is 1.29 bits per heavy atom. The monoisotopic (exact) mass is 492 g/mol. The summed E-state index contributed by atoms with van der Waals surface area (Å²) in [6.45, 7) is 6.08. The summed E-state index contributed by atoms with van der Waals surface area (Å²) in [5.74, 6) is 0.179. The Morgan fingerprint density at radius 2 is 2.03 bits per heavy atom. The average Bonchev–Trinajstić information content (AvgIpc) is 3.19. The quantitative estimate of drug-likeness (QED) is 0.567. The number of carbonyl (C=O) groups excluding carboxylic acids is 2. The van der Waals surface area contributed by atoms with Gasteiger partial charge in [0.2, 0.25) is 22.8 Å². The van der Waals surface area contributed by atoms with Crippen molar-refractivity contribution in [3.8, 4) is 10.9 Å². The van der Waals surface area contributed by atoms with Gasteiger partial charge in [0.05, 0.1) is 38.1 Å². The molecule has 3 atom stereocenters. The van der Waals surface area contributed by atoms with Crippen LogP contribution in [-0.2, 0) is 16.1 Å². The highest BCUT2D eigenvalue weighted by Gasteiger charge is 2.45. The average molecular weight is 493 g/mol. The van der Waals surface area contributed by atoms with Crippen LogP contribution >= 0.6 is 11.5 Å². The number of rotatable bonds is 8. The van der Waals surface area contributed by atoms with Gasteiger partial charge in [-0.25, -0.2) is 4.68 Å². The molecule has 0 radical (unpaired) electrons. The number of carbonyl (C=O) groups is 2. The molecule has 3 heterocycles. The molecule has 2 amide bonds. The largest absolute Gasteiger partial charge is 0.486 e. The van der Waals surface area contributed by atoms with Crippen LogP contribution in [0.25, 0.3) is 0 Å². The lowest BCUT2D eigenvalue weighted by atomic mass is 9.85. The highest BCUT2D eigenvalue weighted by atomic mass is 32.1. The fourth-order valence-electron chi connectivity index (χ4n) is 4.37. The minimum atomic E-state index is -0.803. The van der Waals surface area contributed by atoms with Gasteiger partial charge in [-0.05, 0) is 18.3 Å². The van der Waals surface area contributed by atoms with E-state index in [2.05, 4.69) is 20.0 Å². The van der Waals surface area contributed by atoms with Crippen molar-refractivity contribution in [3.05, 3.63) is 17.5 Å². The summed E-state index contributed by atoms with van der Waals surface area (Å²) in [7, 11) is 3.02. The van der Waals surface area contributed by atoms with Crippen LogP contribution in [0, 0.1) is 5.41 Å². The van der Waals surface area contributed by atoms with E-state index in [0.717, 1.165) is 30.1 Å². The molecule has 2 fully saturated rings. The Kier molecular flexibility index (Phi) is 6.81. The molecular weight excluding hydrogens is 460 g/mol. The second-order valence-corrected chi connectivity index (χ2v) is 10.7. The van der Waals surface area contributed by atoms with Gasteiger partial charge in [-0.3, -0.25) is 9.59 Å². The molecule has 2 aromatic rings. The van der Waals surface area contributed by atoms with E-state index in [-0.39, 0.29) is 31.3 Å². The molecule has 11 nitrogen and oxygen atoms in total. The normalized spacial score (nSPS) is 21.4. The molecule has 12 heteroatoms. The van der Waals surface area contributed by atoms with Crippen LogP contribution in [0.1, 0.15) is 63.3 Å². The molecule has 34 heavy (non-hydrogen) atoms. The van der Waals surface area contributed by atoms with Crippen molar-refractivity contribution < 1.29 is 24.2 Å². The van der Waals surface area contributed by atoms with Gasteiger partial charge in [0.1, 0.15) is 12.1 Å². The van der Waals surface area contributed by atoms with Crippen molar-refractivity contribution in [2.75, 3.05) is 20.8 Å². The van der Waals surface area contributed by atoms with Gasteiger partial charge in [0.15, 0.2) is 0 Å². The zero-order valence-corrected chi connectivity index (χ0v) is 21.0. The first-order chi connectivity index (χ1) is 16.1. The molecule has 1 aliphatic carbocycles. The molecule has 1 saturated heterocycles. The number of nitrogens with one attached hydrogen (secondary N) is 1. The molecule has 0 aromatic carbocycles. The summed E-state index contributed by atoms with van der Waals surface area (Å²) in [6, 6.07) is -1.46. The Hall–Kier alpha value is -2.73. The Bertz CT molecular complexity index is 1020. The summed E-state index contributed by atoms with van der Waals surface area (Å²) < 4.78 is 16.3. The number of hydrogen-bond acceptors (Lipinski definition) is 9. The SMILES string of the molecule is COc1nsc(OC)c1CNC(=O)[C@@H]1C[C@@H](O)CN1C(=O)[C@@H](n1cc(C2CC2)nn1)C(C)(C)C. The number of methoxy groups -OCH3 is 2. The molecule has 1 aliphatic heterocycles. The smallest absolute Gasteiger partial charge is 0.248 e. The summed E-state index contributed by atoms with van der Waals surface area (Å²) >= 11 is 1.13.